The molecular weight excluding hydrogens is 236 g/mol. The Hall–Kier alpha value is -1.35. The second kappa shape index (κ2) is 7.29. The average molecular weight is 262 g/mol. The Balaban J connectivity index is 2.68. The van der Waals surface area contributed by atoms with Gasteiger partial charge in [0, 0.05) is 13.1 Å². The van der Waals surface area contributed by atoms with E-state index in [1.165, 1.54) is 0 Å². The molecular formula is C16H26N2O. The van der Waals surface area contributed by atoms with Gasteiger partial charge in [0.1, 0.15) is 0 Å². The summed E-state index contributed by atoms with van der Waals surface area (Å²) >= 11 is 0. The predicted molar refractivity (Wildman–Crippen MR) is 79.9 cm³/mol. The molecule has 0 heterocycles. The van der Waals surface area contributed by atoms with E-state index in [1.807, 2.05) is 35.2 Å². The van der Waals surface area contributed by atoms with Crippen molar-refractivity contribution in [2.75, 3.05) is 19.6 Å². The second-order valence-electron chi connectivity index (χ2n) is 5.85. The highest BCUT2D eigenvalue weighted by atomic mass is 16.2. The smallest absolute Gasteiger partial charge is 0.227 e. The molecule has 3 nitrogen and oxygen atoms in total. The van der Waals surface area contributed by atoms with Gasteiger partial charge in [-0.1, -0.05) is 51.1 Å². The zero-order valence-electron chi connectivity index (χ0n) is 12.4. The normalized spacial score (nSPS) is 11.4. The number of carbonyl (C=O) groups excluding carboxylic acids is 1. The van der Waals surface area contributed by atoms with E-state index in [-0.39, 0.29) is 11.3 Å². The van der Waals surface area contributed by atoms with Gasteiger partial charge in [0.15, 0.2) is 0 Å². The van der Waals surface area contributed by atoms with Crippen LogP contribution in [0.3, 0.4) is 0 Å². The summed E-state index contributed by atoms with van der Waals surface area (Å²) in [5.41, 5.74) is 6.81. The van der Waals surface area contributed by atoms with Crippen molar-refractivity contribution in [1.82, 2.24) is 4.90 Å². The molecule has 0 radical (unpaired) electrons. The predicted octanol–water partition coefficient (Wildman–Crippen LogP) is 2.45. The van der Waals surface area contributed by atoms with E-state index in [4.69, 9.17) is 5.73 Å². The minimum atomic E-state index is -0.0263. The first-order valence-corrected chi connectivity index (χ1v) is 7.00. The van der Waals surface area contributed by atoms with Crippen molar-refractivity contribution in [3.8, 4) is 0 Å². The standard InChI is InChI=1S/C16H26N2O/c1-4-10-18(13-16(2,3)12-17)15(19)11-14-8-6-5-7-9-14/h5-9H,4,10-13,17H2,1-3H3. The number of benzene rings is 1. The number of hydrogen-bond donors (Lipinski definition) is 1. The number of hydrogen-bond acceptors (Lipinski definition) is 2. The van der Waals surface area contributed by atoms with Gasteiger partial charge in [-0.05, 0) is 23.9 Å². The fourth-order valence-electron chi connectivity index (χ4n) is 2.03. The van der Waals surface area contributed by atoms with Crippen molar-refractivity contribution in [1.29, 1.82) is 0 Å². The fraction of sp³-hybridized carbons (Fsp3) is 0.562. The Kier molecular flexibility index (Phi) is 6.03. The van der Waals surface area contributed by atoms with E-state index in [9.17, 15) is 4.79 Å². The zero-order valence-corrected chi connectivity index (χ0v) is 12.4. The Morgan fingerprint density at radius 1 is 1.26 bits per heavy atom. The summed E-state index contributed by atoms with van der Waals surface area (Å²) in [6, 6.07) is 9.90. The molecule has 0 aliphatic carbocycles. The molecule has 19 heavy (non-hydrogen) atoms. The summed E-state index contributed by atoms with van der Waals surface area (Å²) in [4.78, 5) is 14.3. The van der Waals surface area contributed by atoms with Crippen LogP contribution in [0.15, 0.2) is 30.3 Å². The Morgan fingerprint density at radius 2 is 1.89 bits per heavy atom. The van der Waals surface area contributed by atoms with Crippen LogP contribution < -0.4 is 5.73 Å². The maximum absolute atomic E-state index is 12.4. The Bertz CT molecular complexity index is 387. The highest BCUT2D eigenvalue weighted by Gasteiger charge is 2.23. The van der Waals surface area contributed by atoms with Crippen LogP contribution in [0, 0.1) is 5.41 Å². The lowest BCUT2D eigenvalue weighted by molar-refractivity contribution is -0.131. The van der Waals surface area contributed by atoms with E-state index in [2.05, 4.69) is 20.8 Å². The summed E-state index contributed by atoms with van der Waals surface area (Å²) in [5, 5.41) is 0. The molecule has 0 fully saturated rings. The molecule has 0 aliphatic rings. The van der Waals surface area contributed by atoms with Gasteiger partial charge in [0.2, 0.25) is 5.91 Å². The quantitative estimate of drug-likeness (QED) is 0.820. The van der Waals surface area contributed by atoms with Gasteiger partial charge in [0.25, 0.3) is 0 Å². The van der Waals surface area contributed by atoms with Gasteiger partial charge < -0.3 is 10.6 Å². The molecule has 0 aromatic heterocycles. The van der Waals surface area contributed by atoms with Gasteiger partial charge in [-0.2, -0.15) is 0 Å². The van der Waals surface area contributed by atoms with Gasteiger partial charge >= 0.3 is 0 Å². The third-order valence-corrected chi connectivity index (χ3v) is 3.22. The van der Waals surface area contributed by atoms with E-state index in [0.717, 1.165) is 25.1 Å². The van der Waals surface area contributed by atoms with Crippen LogP contribution in [0.2, 0.25) is 0 Å². The third kappa shape index (κ3) is 5.43. The van der Waals surface area contributed by atoms with E-state index in [1.54, 1.807) is 0 Å². The van der Waals surface area contributed by atoms with Crippen molar-refractivity contribution in [3.63, 3.8) is 0 Å². The molecule has 0 unspecified atom stereocenters. The third-order valence-electron chi connectivity index (χ3n) is 3.22. The van der Waals surface area contributed by atoms with Gasteiger partial charge in [-0.15, -0.1) is 0 Å². The lowest BCUT2D eigenvalue weighted by Gasteiger charge is -2.31. The Labute approximate surface area is 116 Å². The van der Waals surface area contributed by atoms with Crippen molar-refractivity contribution in [3.05, 3.63) is 35.9 Å². The highest BCUT2D eigenvalue weighted by Crippen LogP contribution is 2.16. The van der Waals surface area contributed by atoms with E-state index in [0.29, 0.717) is 13.0 Å². The molecule has 2 N–H and O–H groups in total. The zero-order chi connectivity index (χ0) is 14.3. The van der Waals surface area contributed by atoms with E-state index < -0.39 is 0 Å². The first kappa shape index (κ1) is 15.7. The molecule has 3 heteroatoms. The van der Waals surface area contributed by atoms with Crippen molar-refractivity contribution < 1.29 is 4.79 Å². The van der Waals surface area contributed by atoms with Gasteiger partial charge in [0.05, 0.1) is 6.42 Å². The van der Waals surface area contributed by atoms with Crippen LogP contribution in [-0.2, 0) is 11.2 Å². The number of nitrogens with zero attached hydrogens (tertiary/aromatic N) is 1. The van der Waals surface area contributed by atoms with E-state index >= 15 is 0 Å². The van der Waals surface area contributed by atoms with Crippen molar-refractivity contribution in [2.24, 2.45) is 11.1 Å². The summed E-state index contributed by atoms with van der Waals surface area (Å²) < 4.78 is 0. The molecule has 0 aliphatic heterocycles. The molecule has 106 valence electrons. The number of nitrogens with two attached hydrogens (primary N) is 1. The molecule has 0 saturated heterocycles. The van der Waals surface area contributed by atoms with Crippen molar-refractivity contribution in [2.45, 2.75) is 33.6 Å². The molecule has 0 saturated carbocycles. The lowest BCUT2D eigenvalue weighted by Crippen LogP contribution is -2.43. The fourth-order valence-corrected chi connectivity index (χ4v) is 2.03. The summed E-state index contributed by atoms with van der Waals surface area (Å²) in [6.07, 6.45) is 1.45. The topological polar surface area (TPSA) is 46.3 Å². The van der Waals surface area contributed by atoms with Crippen LogP contribution in [0.25, 0.3) is 0 Å². The van der Waals surface area contributed by atoms with Crippen LogP contribution in [0.4, 0.5) is 0 Å². The Morgan fingerprint density at radius 3 is 2.42 bits per heavy atom. The minimum Gasteiger partial charge on any atom is -0.342 e. The average Bonchev–Trinajstić information content (AvgIpc) is 2.39. The minimum absolute atomic E-state index is 0.0263. The molecule has 0 spiro atoms. The summed E-state index contributed by atoms with van der Waals surface area (Å²) in [5.74, 6) is 0.189. The number of rotatable bonds is 7. The largest absolute Gasteiger partial charge is 0.342 e. The van der Waals surface area contributed by atoms with Crippen LogP contribution in [0.1, 0.15) is 32.8 Å². The van der Waals surface area contributed by atoms with Crippen molar-refractivity contribution >= 4 is 5.91 Å². The number of amides is 1. The monoisotopic (exact) mass is 262 g/mol. The second-order valence-corrected chi connectivity index (χ2v) is 5.85. The molecule has 0 bridgehead atoms. The summed E-state index contributed by atoms with van der Waals surface area (Å²) in [7, 11) is 0. The molecule has 1 amide bonds. The highest BCUT2D eigenvalue weighted by molar-refractivity contribution is 5.78. The molecule has 0 atom stereocenters. The SMILES string of the molecule is CCCN(CC(C)(C)CN)C(=O)Cc1ccccc1. The molecule has 1 aromatic rings. The summed E-state index contributed by atoms with van der Waals surface area (Å²) in [6.45, 7) is 8.42. The van der Waals surface area contributed by atoms with Gasteiger partial charge in [-0.25, -0.2) is 0 Å². The van der Waals surface area contributed by atoms with Gasteiger partial charge in [-0.3, -0.25) is 4.79 Å². The van der Waals surface area contributed by atoms with Crippen LogP contribution in [-0.4, -0.2) is 30.4 Å². The number of carbonyl (C=O) groups is 1. The lowest BCUT2D eigenvalue weighted by atomic mass is 9.92. The molecule has 1 rings (SSSR count). The molecule has 1 aromatic carbocycles. The first-order valence-electron chi connectivity index (χ1n) is 7.00. The van der Waals surface area contributed by atoms with Crippen LogP contribution in [0.5, 0.6) is 0 Å². The van der Waals surface area contributed by atoms with Crippen LogP contribution >= 0.6 is 0 Å². The maximum atomic E-state index is 12.4. The first-order chi connectivity index (χ1) is 8.98. The maximum Gasteiger partial charge on any atom is 0.227 e.